The molecule has 1 aromatic carbocycles. The number of aliphatic imine (C=N–C) groups is 1. The standard InChI is InChI=1S/C27H31FN6O2/c1-4-16(2)31-15-19(14-30)23-12-18(8-10-36-23)26-32-24(20-6-5-17(13-29)11-22(20)28)21-7-9-34(3)27(35)25(21)33-26/h5-6,11,14-16,18,23H,4,7-10,12,30H2,1-3H3/b19-14+,31-15?/t16?,18-,23+/m1/s1. The summed E-state index contributed by atoms with van der Waals surface area (Å²) in [5.74, 6) is -0.380. The minimum absolute atomic E-state index is 0.110. The largest absolute Gasteiger partial charge is 0.404 e. The van der Waals surface area contributed by atoms with E-state index in [0.29, 0.717) is 55.2 Å². The van der Waals surface area contributed by atoms with Crippen LogP contribution in [0.5, 0.6) is 0 Å². The number of ether oxygens (including phenoxy) is 1. The molecule has 2 N–H and O–H groups in total. The molecule has 3 atom stereocenters. The summed E-state index contributed by atoms with van der Waals surface area (Å²) in [6.45, 7) is 5.08. The Morgan fingerprint density at radius 2 is 2.19 bits per heavy atom. The lowest BCUT2D eigenvalue weighted by molar-refractivity contribution is 0.0312. The number of nitrogens with two attached hydrogens (primary N) is 1. The molecule has 0 aliphatic carbocycles. The number of halogens is 1. The Morgan fingerprint density at radius 1 is 1.42 bits per heavy atom. The molecule has 8 nitrogen and oxygen atoms in total. The van der Waals surface area contributed by atoms with E-state index in [-0.39, 0.29) is 35.1 Å². The third kappa shape index (κ3) is 5.14. The highest BCUT2D eigenvalue weighted by atomic mass is 19.1. The molecule has 1 aromatic heterocycles. The van der Waals surface area contributed by atoms with Crippen LogP contribution in [-0.2, 0) is 11.2 Å². The van der Waals surface area contributed by atoms with Crippen molar-refractivity contribution in [3.63, 3.8) is 0 Å². The fourth-order valence-corrected chi connectivity index (χ4v) is 4.47. The first-order chi connectivity index (χ1) is 17.4. The van der Waals surface area contributed by atoms with E-state index < -0.39 is 5.82 Å². The zero-order valence-corrected chi connectivity index (χ0v) is 20.9. The molecule has 0 spiro atoms. The summed E-state index contributed by atoms with van der Waals surface area (Å²) in [5, 5.41) is 9.14. The van der Waals surface area contributed by atoms with Crippen LogP contribution in [-0.4, -0.2) is 59.3 Å². The van der Waals surface area contributed by atoms with Gasteiger partial charge in [0.2, 0.25) is 0 Å². The summed E-state index contributed by atoms with van der Waals surface area (Å²) < 4.78 is 21.1. The summed E-state index contributed by atoms with van der Waals surface area (Å²) in [4.78, 5) is 28.7. The van der Waals surface area contributed by atoms with Crippen LogP contribution in [0.1, 0.15) is 66.5 Å². The Labute approximate surface area is 210 Å². The lowest BCUT2D eigenvalue weighted by atomic mass is 9.90. The molecule has 2 aliphatic heterocycles. The van der Waals surface area contributed by atoms with E-state index in [4.69, 9.17) is 25.7 Å². The van der Waals surface area contributed by atoms with Gasteiger partial charge in [-0.25, -0.2) is 14.4 Å². The maximum atomic E-state index is 15.1. The van der Waals surface area contributed by atoms with Crippen molar-refractivity contribution in [3.8, 4) is 17.3 Å². The molecule has 0 bridgehead atoms. The molecular formula is C27H31FN6O2. The number of hydrogen-bond acceptors (Lipinski definition) is 7. The predicted molar refractivity (Wildman–Crippen MR) is 135 cm³/mol. The Morgan fingerprint density at radius 3 is 2.89 bits per heavy atom. The number of benzene rings is 1. The molecule has 2 aliphatic rings. The number of rotatable bonds is 6. The van der Waals surface area contributed by atoms with Gasteiger partial charge >= 0.3 is 0 Å². The Kier molecular flexibility index (Phi) is 7.75. The van der Waals surface area contributed by atoms with Gasteiger partial charge in [-0.05, 0) is 50.8 Å². The van der Waals surface area contributed by atoms with Gasteiger partial charge in [-0.15, -0.1) is 0 Å². The van der Waals surface area contributed by atoms with Gasteiger partial charge in [-0.2, -0.15) is 5.26 Å². The molecule has 3 heterocycles. The first kappa shape index (κ1) is 25.5. The second-order valence-electron chi connectivity index (χ2n) is 9.32. The molecular weight excluding hydrogens is 459 g/mol. The van der Waals surface area contributed by atoms with Gasteiger partial charge in [0.25, 0.3) is 5.91 Å². The maximum Gasteiger partial charge on any atom is 0.272 e. The molecule has 1 fully saturated rings. The van der Waals surface area contributed by atoms with Gasteiger partial charge in [-0.1, -0.05) is 6.92 Å². The van der Waals surface area contributed by atoms with Gasteiger partial charge < -0.3 is 15.4 Å². The number of carbonyl (C=O) groups is 1. The SMILES string of the molecule is CCC(C)N=C/C(=C\N)[C@@H]1C[C@H](c2nc3c(c(-c4ccc(C#N)cc4F)n2)CCN(C)C3=O)CCO1. The molecule has 188 valence electrons. The number of carbonyl (C=O) groups excluding carboxylic acids is 1. The summed E-state index contributed by atoms with van der Waals surface area (Å²) in [6, 6.07) is 6.43. The Balaban J connectivity index is 1.74. The average Bonchev–Trinajstić information content (AvgIpc) is 2.90. The Hall–Kier alpha value is -3.64. The van der Waals surface area contributed by atoms with Crippen LogP contribution >= 0.6 is 0 Å². The van der Waals surface area contributed by atoms with Crippen molar-refractivity contribution in [3.05, 3.63) is 58.4 Å². The monoisotopic (exact) mass is 490 g/mol. The van der Waals surface area contributed by atoms with Crippen molar-refractivity contribution in [2.75, 3.05) is 20.2 Å². The molecule has 2 aromatic rings. The van der Waals surface area contributed by atoms with E-state index in [1.165, 1.54) is 12.3 Å². The molecule has 1 unspecified atom stereocenters. The van der Waals surface area contributed by atoms with Crippen LogP contribution in [0.15, 0.2) is 35.0 Å². The predicted octanol–water partition coefficient (Wildman–Crippen LogP) is 3.76. The van der Waals surface area contributed by atoms with Crippen molar-refractivity contribution in [1.82, 2.24) is 14.9 Å². The van der Waals surface area contributed by atoms with Crippen molar-refractivity contribution < 1.29 is 13.9 Å². The van der Waals surface area contributed by atoms with Crippen LogP contribution in [0.3, 0.4) is 0 Å². The van der Waals surface area contributed by atoms with Gasteiger partial charge in [0, 0.05) is 61.3 Å². The summed E-state index contributed by atoms with van der Waals surface area (Å²) in [6.07, 6.45) is 5.67. The molecule has 9 heteroatoms. The third-order valence-corrected chi connectivity index (χ3v) is 6.91. The normalized spacial score (nSPS) is 21.4. The van der Waals surface area contributed by atoms with Crippen molar-refractivity contribution >= 4 is 12.1 Å². The number of nitrogens with zero attached hydrogens (tertiary/aromatic N) is 5. The molecule has 36 heavy (non-hydrogen) atoms. The number of likely N-dealkylation sites (N-methyl/N-ethyl adjacent to an activating group) is 1. The van der Waals surface area contributed by atoms with Gasteiger partial charge in [-0.3, -0.25) is 9.79 Å². The smallest absolute Gasteiger partial charge is 0.272 e. The van der Waals surface area contributed by atoms with E-state index in [1.54, 1.807) is 30.3 Å². The minimum Gasteiger partial charge on any atom is -0.404 e. The summed E-state index contributed by atoms with van der Waals surface area (Å²) >= 11 is 0. The highest BCUT2D eigenvalue weighted by molar-refractivity contribution is 5.96. The van der Waals surface area contributed by atoms with Gasteiger partial charge in [0.1, 0.15) is 17.3 Å². The molecule has 1 amide bonds. The van der Waals surface area contributed by atoms with Crippen LogP contribution in [0.2, 0.25) is 0 Å². The number of fused-ring (bicyclic) bond motifs is 1. The molecule has 0 saturated carbocycles. The number of aromatic nitrogens is 2. The van der Waals surface area contributed by atoms with Crippen LogP contribution < -0.4 is 5.73 Å². The highest BCUT2D eigenvalue weighted by Gasteiger charge is 2.33. The Bertz CT molecular complexity index is 1250. The molecule has 1 saturated heterocycles. The van der Waals surface area contributed by atoms with Crippen molar-refractivity contribution in [2.45, 2.75) is 57.6 Å². The second kappa shape index (κ2) is 11.0. The van der Waals surface area contributed by atoms with E-state index in [0.717, 1.165) is 12.0 Å². The highest BCUT2D eigenvalue weighted by Crippen LogP contribution is 2.35. The van der Waals surface area contributed by atoms with Crippen LogP contribution in [0, 0.1) is 17.1 Å². The summed E-state index contributed by atoms with van der Waals surface area (Å²) in [7, 11) is 1.73. The van der Waals surface area contributed by atoms with Gasteiger partial charge in [0.05, 0.1) is 23.4 Å². The lowest BCUT2D eigenvalue weighted by Crippen LogP contribution is -2.36. The fourth-order valence-electron chi connectivity index (χ4n) is 4.47. The second-order valence-corrected chi connectivity index (χ2v) is 9.32. The topological polar surface area (TPSA) is 117 Å². The minimum atomic E-state index is -0.549. The van der Waals surface area contributed by atoms with E-state index in [1.807, 2.05) is 13.0 Å². The van der Waals surface area contributed by atoms with Crippen LogP contribution in [0.4, 0.5) is 4.39 Å². The fraction of sp³-hybridized carbons (Fsp3) is 0.444. The lowest BCUT2D eigenvalue weighted by Gasteiger charge is -2.31. The van der Waals surface area contributed by atoms with E-state index in [9.17, 15) is 4.79 Å². The van der Waals surface area contributed by atoms with Crippen molar-refractivity contribution in [1.29, 1.82) is 5.26 Å². The first-order valence-electron chi connectivity index (χ1n) is 12.3. The third-order valence-electron chi connectivity index (χ3n) is 6.91. The van der Waals surface area contributed by atoms with Crippen LogP contribution in [0.25, 0.3) is 11.3 Å². The number of nitriles is 1. The van der Waals surface area contributed by atoms with Crippen molar-refractivity contribution in [2.24, 2.45) is 10.7 Å². The summed E-state index contributed by atoms with van der Waals surface area (Å²) in [5.41, 5.74) is 8.53. The first-order valence-corrected chi connectivity index (χ1v) is 12.3. The molecule has 4 rings (SSSR count). The van der Waals surface area contributed by atoms with Gasteiger partial charge in [0.15, 0.2) is 0 Å². The zero-order valence-electron chi connectivity index (χ0n) is 20.9. The average molecular weight is 491 g/mol. The van der Waals surface area contributed by atoms with E-state index in [2.05, 4.69) is 11.9 Å². The molecule has 0 radical (unpaired) electrons. The zero-order chi connectivity index (χ0) is 25.8. The maximum absolute atomic E-state index is 15.1. The number of hydrogen-bond donors (Lipinski definition) is 1. The number of amides is 1. The quantitative estimate of drug-likeness (QED) is 0.616. The van der Waals surface area contributed by atoms with E-state index >= 15 is 4.39 Å².